The fourth-order valence-electron chi connectivity index (χ4n) is 1.03. The van der Waals surface area contributed by atoms with Crippen molar-refractivity contribution in [1.82, 2.24) is 4.40 Å². The molecular weight excluding hydrogens is 190 g/mol. The maximum absolute atomic E-state index is 3.44. The van der Waals surface area contributed by atoms with Crippen LogP contribution >= 0.6 is 15.9 Å². The van der Waals surface area contributed by atoms with Crippen LogP contribution in [0, 0.1) is 0 Å². The molecule has 10 heavy (non-hydrogen) atoms. The summed E-state index contributed by atoms with van der Waals surface area (Å²) < 4.78 is 3.18. The largest absolute Gasteiger partial charge is 0.311 e. The summed E-state index contributed by atoms with van der Waals surface area (Å²) in [5.74, 6) is 0. The molecule has 0 aromatic carbocycles. The number of halogens is 1. The van der Waals surface area contributed by atoms with Gasteiger partial charge in [-0.15, -0.1) is 0 Å². The predicted octanol–water partition coefficient (Wildman–Crippen LogP) is 2.70. The third-order valence-electron chi connectivity index (χ3n) is 1.51. The molecule has 1 nitrogen and oxygen atoms in total. The Morgan fingerprint density at radius 3 is 2.70 bits per heavy atom. The number of nitrogens with zero attached hydrogens (tertiary/aromatic N) is 1. The van der Waals surface area contributed by atoms with E-state index in [-0.39, 0.29) is 0 Å². The van der Waals surface area contributed by atoms with Crippen molar-refractivity contribution < 1.29 is 0 Å². The van der Waals surface area contributed by atoms with Crippen molar-refractivity contribution >= 4 is 21.4 Å². The molecule has 2 heterocycles. The van der Waals surface area contributed by atoms with Crippen LogP contribution in [0.2, 0.25) is 0 Å². The first-order chi connectivity index (χ1) is 4.88. The Bertz CT molecular complexity index is 351. The average Bonchev–Trinajstić information content (AvgIpc) is 2.36. The third kappa shape index (κ3) is 0.762. The van der Waals surface area contributed by atoms with Crippen LogP contribution in [-0.2, 0) is 0 Å². The lowest BCUT2D eigenvalue weighted by molar-refractivity contribution is 1.15. The van der Waals surface area contributed by atoms with Crippen molar-refractivity contribution in [2.24, 2.45) is 0 Å². The van der Waals surface area contributed by atoms with E-state index < -0.39 is 0 Å². The van der Waals surface area contributed by atoms with E-state index >= 15 is 0 Å². The van der Waals surface area contributed by atoms with E-state index in [1.165, 1.54) is 5.52 Å². The van der Waals surface area contributed by atoms with Gasteiger partial charge in [0.15, 0.2) is 0 Å². The molecule has 0 aliphatic rings. The molecule has 0 fully saturated rings. The third-order valence-corrected chi connectivity index (χ3v) is 2.16. The van der Waals surface area contributed by atoms with E-state index in [1.54, 1.807) is 0 Å². The molecule has 0 radical (unpaired) electrons. The first-order valence-corrected chi connectivity index (χ1v) is 3.89. The number of aromatic nitrogens is 1. The SMILES string of the molecule is Brc1cccc2cccn12. The molecule has 0 aliphatic carbocycles. The van der Waals surface area contributed by atoms with Crippen LogP contribution in [0.5, 0.6) is 0 Å². The first kappa shape index (κ1) is 5.98. The summed E-state index contributed by atoms with van der Waals surface area (Å²) in [5.41, 5.74) is 1.22. The van der Waals surface area contributed by atoms with Crippen molar-refractivity contribution in [1.29, 1.82) is 0 Å². The summed E-state index contributed by atoms with van der Waals surface area (Å²) in [6, 6.07) is 10.2. The van der Waals surface area contributed by atoms with E-state index in [2.05, 4.69) is 32.5 Å². The Morgan fingerprint density at radius 1 is 1.10 bits per heavy atom. The highest BCUT2D eigenvalue weighted by molar-refractivity contribution is 9.10. The maximum Gasteiger partial charge on any atom is 0.0891 e. The topological polar surface area (TPSA) is 4.41 Å². The highest BCUT2D eigenvalue weighted by Crippen LogP contribution is 2.13. The van der Waals surface area contributed by atoms with E-state index in [0.717, 1.165) is 4.60 Å². The van der Waals surface area contributed by atoms with Gasteiger partial charge in [-0.2, -0.15) is 0 Å². The van der Waals surface area contributed by atoms with Gasteiger partial charge in [0.05, 0.1) is 4.60 Å². The smallest absolute Gasteiger partial charge is 0.0891 e. The minimum Gasteiger partial charge on any atom is -0.311 e. The lowest BCUT2D eigenvalue weighted by atomic mass is 10.4. The van der Waals surface area contributed by atoms with Gasteiger partial charge in [0.1, 0.15) is 0 Å². The number of rotatable bonds is 0. The van der Waals surface area contributed by atoms with Gasteiger partial charge in [-0.25, -0.2) is 0 Å². The Morgan fingerprint density at radius 2 is 1.90 bits per heavy atom. The van der Waals surface area contributed by atoms with Crippen LogP contribution in [0.25, 0.3) is 5.52 Å². The second kappa shape index (κ2) is 2.13. The summed E-state index contributed by atoms with van der Waals surface area (Å²) in [4.78, 5) is 0. The minimum absolute atomic E-state index is 1.09. The van der Waals surface area contributed by atoms with Crippen molar-refractivity contribution in [3.8, 4) is 0 Å². The van der Waals surface area contributed by atoms with Crippen LogP contribution in [0.3, 0.4) is 0 Å². The zero-order valence-electron chi connectivity index (χ0n) is 5.29. The van der Waals surface area contributed by atoms with Crippen molar-refractivity contribution in [3.05, 3.63) is 41.1 Å². The lowest BCUT2D eigenvalue weighted by Crippen LogP contribution is -1.81. The zero-order valence-corrected chi connectivity index (χ0v) is 6.88. The summed E-state index contributed by atoms with van der Waals surface area (Å²) in [6.45, 7) is 0. The zero-order chi connectivity index (χ0) is 6.97. The van der Waals surface area contributed by atoms with Crippen LogP contribution < -0.4 is 0 Å². The molecule has 2 aromatic heterocycles. The van der Waals surface area contributed by atoms with Gasteiger partial charge < -0.3 is 4.40 Å². The van der Waals surface area contributed by atoms with E-state index in [0.29, 0.717) is 0 Å². The van der Waals surface area contributed by atoms with Gasteiger partial charge >= 0.3 is 0 Å². The molecule has 0 spiro atoms. The molecular formula is C8H6BrN. The minimum atomic E-state index is 1.09. The van der Waals surface area contributed by atoms with Crippen LogP contribution in [-0.4, -0.2) is 4.40 Å². The molecule has 0 unspecified atom stereocenters. The molecule has 0 amide bonds. The van der Waals surface area contributed by atoms with E-state index in [4.69, 9.17) is 0 Å². The molecule has 0 atom stereocenters. The maximum atomic E-state index is 3.44. The lowest BCUT2D eigenvalue weighted by Gasteiger charge is -1.95. The molecule has 2 heteroatoms. The van der Waals surface area contributed by atoms with Crippen LogP contribution in [0.4, 0.5) is 0 Å². The Kier molecular flexibility index (Phi) is 1.27. The molecule has 0 saturated heterocycles. The van der Waals surface area contributed by atoms with Gasteiger partial charge in [-0.3, -0.25) is 0 Å². The average molecular weight is 196 g/mol. The molecule has 2 aromatic rings. The van der Waals surface area contributed by atoms with Crippen molar-refractivity contribution in [2.45, 2.75) is 0 Å². The molecule has 50 valence electrons. The number of pyridine rings is 1. The fourth-order valence-corrected chi connectivity index (χ4v) is 1.51. The Labute approximate surface area is 67.4 Å². The second-order valence-corrected chi connectivity index (χ2v) is 2.96. The monoisotopic (exact) mass is 195 g/mol. The van der Waals surface area contributed by atoms with Crippen molar-refractivity contribution in [2.75, 3.05) is 0 Å². The van der Waals surface area contributed by atoms with E-state index in [9.17, 15) is 0 Å². The molecule has 0 aliphatic heterocycles. The predicted molar refractivity (Wildman–Crippen MR) is 45.1 cm³/mol. The van der Waals surface area contributed by atoms with Gasteiger partial charge in [0.25, 0.3) is 0 Å². The summed E-state index contributed by atoms with van der Waals surface area (Å²) in [7, 11) is 0. The van der Waals surface area contributed by atoms with Crippen LogP contribution in [0.1, 0.15) is 0 Å². The normalized spacial score (nSPS) is 10.5. The fraction of sp³-hybridized carbons (Fsp3) is 0. The first-order valence-electron chi connectivity index (χ1n) is 3.09. The van der Waals surface area contributed by atoms with E-state index in [1.807, 2.05) is 24.4 Å². The quantitative estimate of drug-likeness (QED) is 0.570. The second-order valence-electron chi connectivity index (χ2n) is 2.15. The van der Waals surface area contributed by atoms with Gasteiger partial charge in [-0.05, 0) is 40.2 Å². The number of fused-ring (bicyclic) bond motifs is 1. The van der Waals surface area contributed by atoms with Crippen molar-refractivity contribution in [3.63, 3.8) is 0 Å². The van der Waals surface area contributed by atoms with Crippen LogP contribution in [0.15, 0.2) is 41.1 Å². The Hall–Kier alpha value is -0.760. The highest BCUT2D eigenvalue weighted by atomic mass is 79.9. The van der Waals surface area contributed by atoms with Gasteiger partial charge in [0, 0.05) is 11.7 Å². The molecule has 0 saturated carbocycles. The van der Waals surface area contributed by atoms with Gasteiger partial charge in [-0.1, -0.05) is 6.07 Å². The molecule has 2 rings (SSSR count). The highest BCUT2D eigenvalue weighted by Gasteiger charge is 1.92. The number of hydrogen-bond acceptors (Lipinski definition) is 0. The number of hydrogen-bond donors (Lipinski definition) is 0. The van der Waals surface area contributed by atoms with Gasteiger partial charge in [0.2, 0.25) is 0 Å². The standard InChI is InChI=1S/C8H6BrN/c9-8-5-1-3-7-4-2-6-10(7)8/h1-6H. The molecule has 0 bridgehead atoms. The summed E-state index contributed by atoms with van der Waals surface area (Å²) in [5, 5.41) is 0. The molecule has 0 N–H and O–H groups in total. The summed E-state index contributed by atoms with van der Waals surface area (Å²) >= 11 is 3.44. The Balaban J connectivity index is 2.95. The summed E-state index contributed by atoms with van der Waals surface area (Å²) in [6.07, 6.45) is 2.03.